The summed E-state index contributed by atoms with van der Waals surface area (Å²) in [6.07, 6.45) is 2.47. The second-order valence-corrected chi connectivity index (χ2v) is 10.9. The van der Waals surface area contributed by atoms with Crippen molar-refractivity contribution in [2.24, 2.45) is 0 Å². The zero-order valence-electron chi connectivity index (χ0n) is 19.6. The van der Waals surface area contributed by atoms with E-state index >= 15 is 0 Å². The van der Waals surface area contributed by atoms with Crippen molar-refractivity contribution in [3.05, 3.63) is 82.1 Å². The molecule has 3 atom stereocenters. The van der Waals surface area contributed by atoms with Gasteiger partial charge < -0.3 is 4.74 Å². The molecule has 0 N–H and O–H groups in total. The normalized spacial score (nSPS) is 19.5. The topological polar surface area (TPSA) is 29.5 Å². The molecule has 1 fully saturated rings. The Morgan fingerprint density at radius 1 is 1.06 bits per heavy atom. The van der Waals surface area contributed by atoms with E-state index in [1.54, 1.807) is 12.1 Å². The molecule has 1 amide bonds. The minimum atomic E-state index is -0.595. The fourth-order valence-electron chi connectivity index (χ4n) is 5.01. The van der Waals surface area contributed by atoms with Gasteiger partial charge in [0.1, 0.15) is 11.4 Å². The number of nitrogens with zero attached hydrogens (tertiary/aromatic N) is 1. The molecule has 0 unspecified atom stereocenters. The van der Waals surface area contributed by atoms with Gasteiger partial charge in [-0.1, -0.05) is 58.4 Å². The molecule has 0 spiro atoms. The number of fused-ring (bicyclic) bond motifs is 1. The third kappa shape index (κ3) is 5.24. The van der Waals surface area contributed by atoms with Gasteiger partial charge in [0.05, 0.1) is 6.04 Å². The Kier molecular flexibility index (Phi) is 6.81. The van der Waals surface area contributed by atoms with Gasteiger partial charge in [0.2, 0.25) is 0 Å². The molecule has 33 heavy (non-hydrogen) atoms. The summed E-state index contributed by atoms with van der Waals surface area (Å²) in [5.74, 6) is 0.135. The van der Waals surface area contributed by atoms with E-state index in [9.17, 15) is 9.18 Å². The minimum absolute atomic E-state index is 0.0441. The number of benzene rings is 3. The van der Waals surface area contributed by atoms with Crippen LogP contribution in [0.1, 0.15) is 70.0 Å². The molecule has 0 bridgehead atoms. The number of ether oxygens (including phenoxy) is 1. The van der Waals surface area contributed by atoms with Crippen LogP contribution in [-0.4, -0.2) is 22.6 Å². The van der Waals surface area contributed by atoms with Gasteiger partial charge in [-0.3, -0.25) is 4.90 Å². The smallest absolute Gasteiger partial charge is 0.411 e. The van der Waals surface area contributed by atoms with Gasteiger partial charge in [-0.25, -0.2) is 9.18 Å². The van der Waals surface area contributed by atoms with Gasteiger partial charge in [0.25, 0.3) is 0 Å². The molecule has 1 aliphatic carbocycles. The lowest BCUT2D eigenvalue weighted by Crippen LogP contribution is -2.44. The van der Waals surface area contributed by atoms with E-state index in [1.165, 1.54) is 11.6 Å². The van der Waals surface area contributed by atoms with Crippen LogP contribution in [0.2, 0.25) is 0 Å². The van der Waals surface area contributed by atoms with E-state index < -0.39 is 5.60 Å². The highest BCUT2D eigenvalue weighted by Crippen LogP contribution is 2.41. The Labute approximate surface area is 204 Å². The lowest BCUT2D eigenvalue weighted by atomic mass is 9.95. The summed E-state index contributed by atoms with van der Waals surface area (Å²) in [4.78, 5) is 15.4. The first-order valence-corrected chi connectivity index (χ1v) is 12.4. The van der Waals surface area contributed by atoms with Crippen molar-refractivity contribution in [3.63, 3.8) is 0 Å². The van der Waals surface area contributed by atoms with E-state index in [-0.39, 0.29) is 24.0 Å². The number of amides is 1. The molecule has 3 nitrogen and oxygen atoms in total. The summed E-state index contributed by atoms with van der Waals surface area (Å²) in [5.41, 5.74) is 1.63. The monoisotopic (exact) mass is 511 g/mol. The first kappa shape index (κ1) is 23.7. The maximum atomic E-state index is 14.5. The minimum Gasteiger partial charge on any atom is -0.444 e. The Morgan fingerprint density at radius 2 is 1.79 bits per heavy atom. The Hall–Kier alpha value is -2.40. The number of hydrogen-bond acceptors (Lipinski definition) is 2. The molecule has 0 radical (unpaired) electrons. The summed E-state index contributed by atoms with van der Waals surface area (Å²) >= 11 is 3.58. The molecule has 3 aromatic carbocycles. The van der Waals surface area contributed by atoms with Crippen LogP contribution in [0.25, 0.3) is 10.8 Å². The van der Waals surface area contributed by atoms with Crippen LogP contribution < -0.4 is 0 Å². The van der Waals surface area contributed by atoms with E-state index in [2.05, 4.69) is 34.1 Å². The molecule has 0 aromatic heterocycles. The molecular formula is C28H31BrFNO2. The summed E-state index contributed by atoms with van der Waals surface area (Å²) in [5, 5.41) is 1.41. The van der Waals surface area contributed by atoms with Crippen molar-refractivity contribution in [1.29, 1.82) is 0 Å². The van der Waals surface area contributed by atoms with E-state index in [0.29, 0.717) is 11.3 Å². The van der Waals surface area contributed by atoms with Gasteiger partial charge in [-0.2, -0.15) is 0 Å². The molecule has 3 aromatic rings. The van der Waals surface area contributed by atoms with E-state index in [0.717, 1.165) is 34.7 Å². The number of rotatable bonds is 4. The van der Waals surface area contributed by atoms with Gasteiger partial charge in [-0.05, 0) is 87.6 Å². The van der Waals surface area contributed by atoms with Gasteiger partial charge in [0, 0.05) is 15.9 Å². The van der Waals surface area contributed by atoms with Crippen molar-refractivity contribution >= 4 is 32.8 Å². The maximum Gasteiger partial charge on any atom is 0.411 e. The Morgan fingerprint density at radius 3 is 2.48 bits per heavy atom. The number of carbonyl (C=O) groups is 1. The lowest BCUT2D eigenvalue weighted by Gasteiger charge is -2.37. The zero-order chi connectivity index (χ0) is 23.8. The predicted molar refractivity (Wildman–Crippen MR) is 135 cm³/mol. The van der Waals surface area contributed by atoms with Gasteiger partial charge in [0.15, 0.2) is 0 Å². The SMILES string of the molecule is C[C@H](c1ccc(F)c2ccccc12)N(C(=O)OC(C)(C)C)[C@H]1CC[C@@H](c2cccc(Br)c2)C1. The van der Waals surface area contributed by atoms with Crippen molar-refractivity contribution in [1.82, 2.24) is 4.90 Å². The molecule has 0 heterocycles. The van der Waals surface area contributed by atoms with Crippen molar-refractivity contribution in [3.8, 4) is 0 Å². The van der Waals surface area contributed by atoms with Crippen LogP contribution >= 0.6 is 15.9 Å². The standard InChI is InChI=1S/C28H31BrFNO2/c1-18(23-14-15-26(30)25-11-6-5-10-24(23)25)31(27(32)33-28(2,3)4)22-13-12-20(17-22)19-8-7-9-21(29)16-19/h5-11,14-16,18,20,22H,12-13,17H2,1-4H3/t18-,20-,22+/m1/s1. The van der Waals surface area contributed by atoms with Crippen molar-refractivity contribution in [2.45, 2.75) is 70.6 Å². The third-order valence-electron chi connectivity index (χ3n) is 6.49. The predicted octanol–water partition coefficient (Wildman–Crippen LogP) is 8.38. The summed E-state index contributed by atoms with van der Waals surface area (Å²) in [6.45, 7) is 7.69. The third-order valence-corrected chi connectivity index (χ3v) is 6.99. The highest BCUT2D eigenvalue weighted by Gasteiger charge is 2.38. The molecular weight excluding hydrogens is 481 g/mol. The highest BCUT2D eigenvalue weighted by atomic mass is 79.9. The summed E-state index contributed by atoms with van der Waals surface area (Å²) in [6, 6.07) is 19.0. The lowest BCUT2D eigenvalue weighted by molar-refractivity contribution is 0.00693. The van der Waals surface area contributed by atoms with Crippen LogP contribution in [0.5, 0.6) is 0 Å². The van der Waals surface area contributed by atoms with Crippen molar-refractivity contribution < 1.29 is 13.9 Å². The van der Waals surface area contributed by atoms with Gasteiger partial charge >= 0.3 is 6.09 Å². The molecule has 0 saturated heterocycles. The average Bonchev–Trinajstić information content (AvgIpc) is 3.22. The maximum absolute atomic E-state index is 14.5. The molecule has 5 heteroatoms. The second-order valence-electron chi connectivity index (χ2n) is 9.96. The Balaban J connectivity index is 1.69. The molecule has 0 aliphatic heterocycles. The second kappa shape index (κ2) is 9.46. The van der Waals surface area contributed by atoms with Gasteiger partial charge in [-0.15, -0.1) is 0 Å². The molecule has 1 saturated carbocycles. The van der Waals surface area contributed by atoms with Crippen LogP contribution in [0.3, 0.4) is 0 Å². The zero-order valence-corrected chi connectivity index (χ0v) is 21.2. The fraction of sp³-hybridized carbons (Fsp3) is 0.393. The van der Waals surface area contributed by atoms with E-state index in [1.807, 2.05) is 56.9 Å². The largest absolute Gasteiger partial charge is 0.444 e. The number of carbonyl (C=O) groups excluding carboxylic acids is 1. The van der Waals surface area contributed by atoms with Crippen LogP contribution in [-0.2, 0) is 4.74 Å². The number of halogens is 2. The van der Waals surface area contributed by atoms with E-state index in [4.69, 9.17) is 4.74 Å². The highest BCUT2D eigenvalue weighted by molar-refractivity contribution is 9.10. The van der Waals surface area contributed by atoms with Crippen LogP contribution in [0.4, 0.5) is 9.18 Å². The van der Waals surface area contributed by atoms with Crippen LogP contribution in [0.15, 0.2) is 65.1 Å². The first-order chi connectivity index (χ1) is 15.6. The molecule has 174 valence electrons. The molecule has 4 rings (SSSR count). The van der Waals surface area contributed by atoms with Crippen molar-refractivity contribution in [2.75, 3.05) is 0 Å². The average molecular weight is 512 g/mol. The number of hydrogen-bond donors (Lipinski definition) is 0. The quantitative estimate of drug-likeness (QED) is 0.352. The summed E-state index contributed by atoms with van der Waals surface area (Å²) in [7, 11) is 0. The summed E-state index contributed by atoms with van der Waals surface area (Å²) < 4.78 is 21.4. The fourth-order valence-corrected chi connectivity index (χ4v) is 5.43. The first-order valence-electron chi connectivity index (χ1n) is 11.6. The molecule has 1 aliphatic rings. The van der Waals surface area contributed by atoms with Crippen LogP contribution in [0, 0.1) is 5.82 Å². The Bertz CT molecular complexity index is 1160.